The zero-order valence-corrected chi connectivity index (χ0v) is 16.1. The lowest BCUT2D eigenvalue weighted by Gasteiger charge is -2.23. The Morgan fingerprint density at radius 2 is 1.81 bits per heavy atom. The summed E-state index contributed by atoms with van der Waals surface area (Å²) in [5.74, 6) is -0.541. The minimum atomic E-state index is -4.09. The maximum absolute atomic E-state index is 12.9. The van der Waals surface area contributed by atoms with Crippen LogP contribution in [-0.4, -0.2) is 38.5 Å². The fourth-order valence-corrected chi connectivity index (χ4v) is 4.55. The van der Waals surface area contributed by atoms with Crippen LogP contribution >= 0.6 is 23.2 Å². The van der Waals surface area contributed by atoms with Crippen LogP contribution in [-0.2, 0) is 19.6 Å². The van der Waals surface area contributed by atoms with Crippen LogP contribution in [0.2, 0.25) is 10.0 Å². The number of hydrogen-bond donors (Lipinski definition) is 1. The summed E-state index contributed by atoms with van der Waals surface area (Å²) < 4.78 is 32.9. The number of amides is 2. The highest BCUT2D eigenvalue weighted by Crippen LogP contribution is 2.27. The van der Waals surface area contributed by atoms with Gasteiger partial charge in [0.1, 0.15) is 4.90 Å². The summed E-state index contributed by atoms with van der Waals surface area (Å²) in [5.41, 5.74) is 0.562. The predicted molar refractivity (Wildman–Crippen MR) is 99.0 cm³/mol. The van der Waals surface area contributed by atoms with Crippen LogP contribution in [0.4, 0.5) is 4.79 Å². The maximum atomic E-state index is 12.9. The molecule has 1 N–H and O–H groups in total. The molecule has 2 aromatic rings. The number of carbonyl (C=O) groups is 2. The van der Waals surface area contributed by atoms with Crippen LogP contribution in [0, 0.1) is 0 Å². The van der Waals surface area contributed by atoms with Crippen LogP contribution in [0.5, 0.6) is 0 Å². The molecule has 0 radical (unpaired) electrons. The Hall–Kier alpha value is -2.13. The number of ether oxygens (including phenoxy) is 1. The van der Waals surface area contributed by atoms with Crippen molar-refractivity contribution in [3.05, 3.63) is 64.1 Å². The number of nitrogens with one attached hydrogen (secondary N) is 1. The molecule has 1 saturated heterocycles. The number of halogens is 2. The summed E-state index contributed by atoms with van der Waals surface area (Å²) in [5, 5.41) is 0.199. The first-order valence-corrected chi connectivity index (χ1v) is 10.0. The Kier molecular flexibility index (Phi) is 5.71. The summed E-state index contributed by atoms with van der Waals surface area (Å²) in [4.78, 5) is 24.3. The highest BCUT2D eigenvalue weighted by Gasteiger charge is 2.35. The SMILES string of the molecule is O=C1COC(=O)N1CC(NS(=O)(=O)c1cc(Cl)ccc1Cl)c1ccccc1. The van der Waals surface area contributed by atoms with E-state index in [-0.39, 0.29) is 28.1 Å². The Morgan fingerprint density at radius 1 is 1.11 bits per heavy atom. The zero-order valence-electron chi connectivity index (χ0n) is 13.8. The first kappa shape index (κ1) is 19.6. The van der Waals surface area contributed by atoms with E-state index >= 15 is 0 Å². The van der Waals surface area contributed by atoms with Gasteiger partial charge < -0.3 is 4.74 Å². The Labute approximate surface area is 165 Å². The molecule has 0 bridgehead atoms. The molecule has 2 amide bonds. The number of hydrogen-bond acceptors (Lipinski definition) is 5. The Balaban J connectivity index is 1.95. The standard InChI is InChI=1S/C17H14Cl2N2O5S/c18-12-6-7-13(19)15(8-12)27(24,25)20-14(11-4-2-1-3-5-11)9-21-16(22)10-26-17(21)23/h1-8,14,20H,9-10H2. The van der Waals surface area contributed by atoms with Gasteiger partial charge in [-0.05, 0) is 23.8 Å². The molecule has 0 saturated carbocycles. The summed E-state index contributed by atoms with van der Waals surface area (Å²) >= 11 is 11.9. The second kappa shape index (κ2) is 7.85. The molecule has 3 rings (SSSR count). The molecule has 142 valence electrons. The van der Waals surface area contributed by atoms with Gasteiger partial charge in [-0.3, -0.25) is 4.79 Å². The molecule has 1 unspecified atom stereocenters. The molecule has 1 fully saturated rings. The van der Waals surface area contributed by atoms with Gasteiger partial charge in [0.2, 0.25) is 10.0 Å². The molecule has 1 atom stereocenters. The van der Waals surface area contributed by atoms with Crippen LogP contribution in [0.25, 0.3) is 0 Å². The molecule has 27 heavy (non-hydrogen) atoms. The fourth-order valence-electron chi connectivity index (χ4n) is 2.57. The summed E-state index contributed by atoms with van der Waals surface area (Å²) in [7, 11) is -4.09. The van der Waals surface area contributed by atoms with Crippen LogP contribution in [0.15, 0.2) is 53.4 Å². The van der Waals surface area contributed by atoms with E-state index in [1.165, 1.54) is 18.2 Å². The van der Waals surface area contributed by atoms with Crippen molar-refractivity contribution in [2.24, 2.45) is 0 Å². The van der Waals surface area contributed by atoms with Crippen LogP contribution < -0.4 is 4.72 Å². The summed E-state index contributed by atoms with van der Waals surface area (Å²) in [6.45, 7) is -0.591. The van der Waals surface area contributed by atoms with Crippen molar-refractivity contribution in [2.45, 2.75) is 10.9 Å². The van der Waals surface area contributed by atoms with Crippen LogP contribution in [0.1, 0.15) is 11.6 Å². The molecular formula is C17H14Cl2N2O5S. The fraction of sp³-hybridized carbons (Fsp3) is 0.176. The van der Waals surface area contributed by atoms with Gasteiger partial charge >= 0.3 is 6.09 Å². The second-order valence-corrected chi connectivity index (χ2v) is 8.24. The lowest BCUT2D eigenvalue weighted by atomic mass is 10.1. The van der Waals surface area contributed by atoms with E-state index in [0.717, 1.165) is 4.90 Å². The lowest BCUT2D eigenvalue weighted by molar-refractivity contribution is -0.126. The number of benzene rings is 2. The molecule has 2 aromatic carbocycles. The normalized spacial score (nSPS) is 15.7. The van der Waals surface area contributed by atoms with Crippen molar-refractivity contribution in [3.63, 3.8) is 0 Å². The van der Waals surface area contributed by atoms with Crippen molar-refractivity contribution in [1.82, 2.24) is 9.62 Å². The molecule has 7 nitrogen and oxygen atoms in total. The molecule has 0 aliphatic carbocycles. The largest absolute Gasteiger partial charge is 0.439 e. The minimum absolute atomic E-state index is 0.00429. The van der Waals surface area contributed by atoms with Gasteiger partial charge in [-0.2, -0.15) is 0 Å². The topological polar surface area (TPSA) is 92.8 Å². The van der Waals surface area contributed by atoms with Gasteiger partial charge in [0.15, 0.2) is 6.61 Å². The van der Waals surface area contributed by atoms with E-state index in [1.807, 2.05) is 0 Å². The molecule has 1 heterocycles. The van der Waals surface area contributed by atoms with Gasteiger partial charge in [-0.25, -0.2) is 22.8 Å². The van der Waals surface area contributed by atoms with Gasteiger partial charge in [0, 0.05) is 5.02 Å². The lowest BCUT2D eigenvalue weighted by Crippen LogP contribution is -2.40. The summed E-state index contributed by atoms with van der Waals surface area (Å²) in [6.07, 6.45) is -0.819. The van der Waals surface area contributed by atoms with Crippen molar-refractivity contribution in [1.29, 1.82) is 0 Å². The molecule has 1 aliphatic rings. The number of rotatable bonds is 6. The third-order valence-corrected chi connectivity index (χ3v) is 6.08. The predicted octanol–water partition coefficient (Wildman–Crippen LogP) is 2.99. The Morgan fingerprint density at radius 3 is 2.44 bits per heavy atom. The monoisotopic (exact) mass is 428 g/mol. The van der Waals surface area contributed by atoms with Crippen molar-refractivity contribution in [2.75, 3.05) is 13.2 Å². The Bertz CT molecular complexity index is 966. The number of carbonyl (C=O) groups excluding carboxylic acids is 2. The quantitative estimate of drug-likeness (QED) is 0.762. The third kappa shape index (κ3) is 4.41. The minimum Gasteiger partial charge on any atom is -0.439 e. The van der Waals surface area contributed by atoms with E-state index in [2.05, 4.69) is 9.46 Å². The number of nitrogens with zero attached hydrogens (tertiary/aromatic N) is 1. The van der Waals surface area contributed by atoms with E-state index in [9.17, 15) is 18.0 Å². The average Bonchev–Trinajstić information content (AvgIpc) is 2.95. The number of imide groups is 1. The van der Waals surface area contributed by atoms with E-state index < -0.39 is 28.1 Å². The molecule has 0 aromatic heterocycles. The van der Waals surface area contributed by atoms with Crippen molar-refractivity contribution < 1.29 is 22.7 Å². The van der Waals surface area contributed by atoms with E-state index in [1.54, 1.807) is 30.3 Å². The molecule has 0 spiro atoms. The molecule has 10 heteroatoms. The first-order chi connectivity index (χ1) is 12.8. The average molecular weight is 429 g/mol. The van der Waals surface area contributed by atoms with Crippen molar-refractivity contribution in [3.8, 4) is 0 Å². The summed E-state index contributed by atoms with van der Waals surface area (Å²) in [6, 6.07) is 11.7. The number of cyclic esters (lactones) is 1. The molecular weight excluding hydrogens is 415 g/mol. The van der Waals surface area contributed by atoms with E-state index in [0.29, 0.717) is 5.56 Å². The van der Waals surface area contributed by atoms with Gasteiger partial charge in [0.05, 0.1) is 17.6 Å². The second-order valence-electron chi connectivity index (χ2n) is 5.72. The van der Waals surface area contributed by atoms with Gasteiger partial charge in [0.25, 0.3) is 5.91 Å². The molecule has 1 aliphatic heterocycles. The van der Waals surface area contributed by atoms with Gasteiger partial charge in [-0.15, -0.1) is 0 Å². The highest BCUT2D eigenvalue weighted by molar-refractivity contribution is 7.89. The van der Waals surface area contributed by atoms with Gasteiger partial charge in [-0.1, -0.05) is 53.5 Å². The zero-order chi connectivity index (χ0) is 19.6. The number of sulfonamides is 1. The smallest absolute Gasteiger partial charge is 0.417 e. The first-order valence-electron chi connectivity index (χ1n) is 7.77. The third-order valence-electron chi connectivity index (χ3n) is 3.89. The van der Waals surface area contributed by atoms with Crippen molar-refractivity contribution >= 4 is 45.2 Å². The van der Waals surface area contributed by atoms with Crippen LogP contribution in [0.3, 0.4) is 0 Å². The maximum Gasteiger partial charge on any atom is 0.417 e. The highest BCUT2D eigenvalue weighted by atomic mass is 35.5. The van der Waals surface area contributed by atoms with E-state index in [4.69, 9.17) is 23.2 Å².